The van der Waals surface area contributed by atoms with Crippen LogP contribution in [-0.2, 0) is 23.9 Å². The van der Waals surface area contributed by atoms with Crippen molar-refractivity contribution in [1.82, 2.24) is 20.4 Å². The fraction of sp³-hybridized carbons (Fsp3) is 0.286. The van der Waals surface area contributed by atoms with Gasteiger partial charge in [-0.25, -0.2) is 19.3 Å². The number of β-lactam (4-membered cyclic amide) rings is 1. The molecule has 15 heteroatoms. The third kappa shape index (κ3) is 6.01. The molecular formula is C28H26ClN5O8S. The van der Waals surface area contributed by atoms with Gasteiger partial charge in [0, 0.05) is 35.5 Å². The largest absolute Gasteiger partial charge is 0.477 e. The molecule has 2 aromatic carbocycles. The van der Waals surface area contributed by atoms with E-state index in [-0.39, 0.29) is 36.7 Å². The number of nitrogens with zero attached hydrogens (tertiary/aromatic N) is 3. The zero-order valence-electron chi connectivity index (χ0n) is 22.7. The summed E-state index contributed by atoms with van der Waals surface area (Å²) in [6, 6.07) is 11.2. The first kappa shape index (κ1) is 29.9. The molecule has 3 aliphatic rings. The van der Waals surface area contributed by atoms with Crippen LogP contribution in [0.4, 0.5) is 15.3 Å². The van der Waals surface area contributed by atoms with E-state index in [9.17, 15) is 33.9 Å². The van der Waals surface area contributed by atoms with E-state index < -0.39 is 53.3 Å². The zero-order valence-corrected chi connectivity index (χ0v) is 24.3. The number of amides is 6. The normalized spacial score (nSPS) is 20.3. The molecule has 6 amide bonds. The van der Waals surface area contributed by atoms with Gasteiger partial charge in [-0.3, -0.25) is 24.2 Å². The average Bonchev–Trinajstić information content (AvgIpc) is 3.38. The molecule has 0 aromatic heterocycles. The highest BCUT2D eigenvalue weighted by Crippen LogP contribution is 2.40. The van der Waals surface area contributed by atoms with Gasteiger partial charge in [0.1, 0.15) is 29.8 Å². The quantitative estimate of drug-likeness (QED) is 0.294. The SMILES string of the molecule is CC(=O)OCC1=C(C(=O)O)N2C(=O)C(NC(=O)C(NC(=O)N3CCN(c4cccc(Cl)c4)C3=O)c3ccccc3)[C@@H]2SC1. The third-order valence-electron chi connectivity index (χ3n) is 7.03. The Labute approximate surface area is 254 Å². The van der Waals surface area contributed by atoms with Crippen LogP contribution in [0, 0.1) is 0 Å². The Morgan fingerprint density at radius 2 is 1.84 bits per heavy atom. The molecule has 0 bridgehead atoms. The molecule has 2 fully saturated rings. The molecule has 3 atom stereocenters. The lowest BCUT2D eigenvalue weighted by Gasteiger charge is -2.49. The molecule has 2 unspecified atom stereocenters. The molecule has 43 heavy (non-hydrogen) atoms. The van der Waals surface area contributed by atoms with Gasteiger partial charge < -0.3 is 20.5 Å². The number of carbonyl (C=O) groups excluding carboxylic acids is 5. The van der Waals surface area contributed by atoms with E-state index in [0.717, 1.165) is 9.80 Å². The molecular weight excluding hydrogens is 602 g/mol. The van der Waals surface area contributed by atoms with Gasteiger partial charge in [0.2, 0.25) is 5.91 Å². The number of ether oxygens (including phenoxy) is 1. The first-order valence-corrected chi connectivity index (χ1v) is 14.5. The van der Waals surface area contributed by atoms with Crippen molar-refractivity contribution in [3.8, 4) is 0 Å². The van der Waals surface area contributed by atoms with Crippen molar-refractivity contribution in [2.45, 2.75) is 24.4 Å². The molecule has 5 rings (SSSR count). The molecule has 3 N–H and O–H groups in total. The number of fused-ring (bicyclic) bond motifs is 1. The molecule has 3 aliphatic heterocycles. The van der Waals surface area contributed by atoms with E-state index in [1.165, 1.54) is 23.6 Å². The number of rotatable bonds is 8. The van der Waals surface area contributed by atoms with E-state index in [2.05, 4.69) is 10.6 Å². The smallest absolute Gasteiger partial charge is 0.352 e. The lowest BCUT2D eigenvalue weighted by Crippen LogP contribution is -2.71. The van der Waals surface area contributed by atoms with Gasteiger partial charge >= 0.3 is 24.0 Å². The Bertz CT molecular complexity index is 1540. The molecule has 0 radical (unpaired) electrons. The second-order valence-corrected chi connectivity index (χ2v) is 11.3. The second-order valence-electron chi connectivity index (χ2n) is 9.79. The Morgan fingerprint density at radius 3 is 2.51 bits per heavy atom. The van der Waals surface area contributed by atoms with Crippen molar-refractivity contribution in [1.29, 1.82) is 0 Å². The molecule has 3 heterocycles. The van der Waals surface area contributed by atoms with Crippen LogP contribution in [-0.4, -0.2) is 87.6 Å². The fourth-order valence-corrected chi connectivity index (χ4v) is 6.49. The van der Waals surface area contributed by atoms with Crippen molar-refractivity contribution >= 4 is 64.9 Å². The number of benzene rings is 2. The van der Waals surface area contributed by atoms with Crippen molar-refractivity contribution in [2.24, 2.45) is 0 Å². The molecule has 0 spiro atoms. The lowest BCUT2D eigenvalue weighted by atomic mass is 10.0. The van der Waals surface area contributed by atoms with E-state index in [1.807, 2.05) is 0 Å². The number of anilines is 1. The highest BCUT2D eigenvalue weighted by atomic mass is 35.5. The minimum absolute atomic E-state index is 0.0646. The second kappa shape index (κ2) is 12.4. The van der Waals surface area contributed by atoms with Crippen LogP contribution >= 0.6 is 23.4 Å². The van der Waals surface area contributed by atoms with E-state index >= 15 is 0 Å². The number of hydrogen-bond donors (Lipinski definition) is 3. The molecule has 13 nitrogen and oxygen atoms in total. The van der Waals surface area contributed by atoms with Gasteiger partial charge in [-0.2, -0.15) is 0 Å². The highest BCUT2D eigenvalue weighted by molar-refractivity contribution is 8.00. The molecule has 0 aliphatic carbocycles. The number of urea groups is 2. The van der Waals surface area contributed by atoms with Crippen molar-refractivity contribution in [3.63, 3.8) is 0 Å². The van der Waals surface area contributed by atoms with Gasteiger partial charge in [0.15, 0.2) is 0 Å². The summed E-state index contributed by atoms with van der Waals surface area (Å²) in [5, 5.41) is 14.7. The molecule has 224 valence electrons. The summed E-state index contributed by atoms with van der Waals surface area (Å²) in [6.45, 7) is 1.20. The van der Waals surface area contributed by atoms with Gasteiger partial charge in [-0.15, -0.1) is 11.8 Å². The lowest BCUT2D eigenvalue weighted by molar-refractivity contribution is -0.151. The van der Waals surface area contributed by atoms with Crippen LogP contribution in [0.3, 0.4) is 0 Å². The molecule has 2 aromatic rings. The van der Waals surface area contributed by atoms with E-state index in [1.54, 1.807) is 54.6 Å². The molecule has 0 saturated carbocycles. The fourth-order valence-electron chi connectivity index (χ4n) is 4.98. The molecule has 2 saturated heterocycles. The summed E-state index contributed by atoms with van der Waals surface area (Å²) in [7, 11) is 0. The number of halogens is 1. The standard InChI is InChI=1S/C28H26ClN5O8S/c1-15(35)42-13-17-14-43-25-21(24(37)34(25)22(17)26(38)39)30-23(36)20(16-6-3-2-4-7-16)31-27(40)33-11-10-32(28(33)41)19-9-5-8-18(29)12-19/h2-9,12,20-21,25H,10-11,13-14H2,1H3,(H,30,36)(H,31,40)(H,38,39)/t20?,21?,25-/m0/s1. The number of aliphatic carboxylic acids is 1. The highest BCUT2D eigenvalue weighted by Gasteiger charge is 2.54. The van der Waals surface area contributed by atoms with Crippen molar-refractivity contribution < 1.29 is 38.6 Å². The Kier molecular flexibility index (Phi) is 8.59. The first-order valence-electron chi connectivity index (χ1n) is 13.1. The van der Waals surface area contributed by atoms with Crippen LogP contribution in [0.5, 0.6) is 0 Å². The van der Waals surface area contributed by atoms with Crippen LogP contribution in [0.25, 0.3) is 0 Å². The van der Waals surface area contributed by atoms with Crippen LogP contribution in [0.2, 0.25) is 5.02 Å². The number of esters is 1. The number of imide groups is 1. The van der Waals surface area contributed by atoms with E-state index in [4.69, 9.17) is 16.3 Å². The maximum atomic E-state index is 13.6. The first-order chi connectivity index (χ1) is 20.6. The predicted molar refractivity (Wildman–Crippen MR) is 155 cm³/mol. The van der Waals surface area contributed by atoms with Gasteiger partial charge in [0.25, 0.3) is 5.91 Å². The minimum atomic E-state index is -1.36. The Morgan fingerprint density at radius 1 is 1.09 bits per heavy atom. The summed E-state index contributed by atoms with van der Waals surface area (Å²) in [5.74, 6) is -3.17. The number of thioether (sulfide) groups is 1. The van der Waals surface area contributed by atoms with E-state index in [0.29, 0.717) is 16.3 Å². The number of hydrogen-bond acceptors (Lipinski definition) is 8. The average molecular weight is 628 g/mol. The minimum Gasteiger partial charge on any atom is -0.477 e. The number of carboxylic acid groups (broad SMARTS) is 1. The summed E-state index contributed by atoms with van der Waals surface area (Å²) in [4.78, 5) is 79.7. The summed E-state index contributed by atoms with van der Waals surface area (Å²) < 4.78 is 4.94. The summed E-state index contributed by atoms with van der Waals surface area (Å²) >= 11 is 7.27. The Balaban J connectivity index is 1.30. The topological polar surface area (TPSA) is 166 Å². The maximum Gasteiger partial charge on any atom is 0.352 e. The van der Waals surface area contributed by atoms with Crippen molar-refractivity contribution in [2.75, 3.05) is 30.3 Å². The van der Waals surface area contributed by atoms with Crippen molar-refractivity contribution in [3.05, 3.63) is 76.5 Å². The van der Waals surface area contributed by atoms with Gasteiger partial charge in [0.05, 0.1) is 6.54 Å². The summed E-state index contributed by atoms with van der Waals surface area (Å²) in [5.41, 5.74) is 0.902. The maximum absolute atomic E-state index is 13.6. The third-order valence-corrected chi connectivity index (χ3v) is 8.61. The predicted octanol–water partition coefficient (Wildman–Crippen LogP) is 2.33. The summed E-state index contributed by atoms with van der Waals surface area (Å²) in [6.07, 6.45) is 0. The van der Waals surface area contributed by atoms with Gasteiger partial charge in [-0.05, 0) is 23.8 Å². The van der Waals surface area contributed by atoms with Crippen LogP contribution in [0.1, 0.15) is 18.5 Å². The monoisotopic (exact) mass is 627 g/mol. The van der Waals surface area contributed by atoms with Gasteiger partial charge in [-0.1, -0.05) is 48.0 Å². The number of carboxylic acids is 1. The number of carbonyl (C=O) groups is 6. The zero-order chi connectivity index (χ0) is 30.8. The van der Waals surface area contributed by atoms with Crippen LogP contribution < -0.4 is 15.5 Å². The Hall–Kier alpha value is -4.56. The van der Waals surface area contributed by atoms with Crippen LogP contribution in [0.15, 0.2) is 65.9 Å². The number of nitrogens with one attached hydrogen (secondary N) is 2.